The molecule has 0 aliphatic rings. The molecule has 0 bridgehead atoms. The molecule has 0 aliphatic carbocycles. The fraction of sp³-hybridized carbons (Fsp3) is 0.0526. The topological polar surface area (TPSA) is 68.9 Å². The van der Waals surface area contributed by atoms with Gasteiger partial charge in [-0.1, -0.05) is 29.8 Å². The van der Waals surface area contributed by atoms with Gasteiger partial charge >= 0.3 is 0 Å². The van der Waals surface area contributed by atoms with E-state index in [1.165, 1.54) is 12.1 Å². The molecule has 3 rings (SSSR count). The van der Waals surface area contributed by atoms with Crippen LogP contribution in [0.2, 0.25) is 0 Å². The third-order valence-electron chi connectivity index (χ3n) is 3.62. The number of nitrogens with zero attached hydrogens (tertiary/aromatic N) is 3. The van der Waals surface area contributed by atoms with Crippen molar-refractivity contribution < 1.29 is 4.92 Å². The number of non-ortho nitro benzene ring substituents is 1. The lowest BCUT2D eigenvalue weighted by atomic mass is 10.0. The summed E-state index contributed by atoms with van der Waals surface area (Å²) in [6, 6.07) is 14.0. The Morgan fingerprint density at radius 2 is 1.67 bits per heavy atom. The fourth-order valence-electron chi connectivity index (χ4n) is 2.31. The summed E-state index contributed by atoms with van der Waals surface area (Å²) < 4.78 is 0. The summed E-state index contributed by atoms with van der Waals surface area (Å²) in [6.07, 6.45) is 7.24. The Labute approximate surface area is 139 Å². The van der Waals surface area contributed by atoms with Crippen molar-refractivity contribution in [1.29, 1.82) is 0 Å². The van der Waals surface area contributed by atoms with Gasteiger partial charge in [0.15, 0.2) is 5.82 Å². The van der Waals surface area contributed by atoms with E-state index in [0.717, 1.165) is 16.7 Å². The molecule has 2 aromatic carbocycles. The number of rotatable bonds is 3. The molecule has 0 saturated carbocycles. The minimum Gasteiger partial charge on any atom is -0.258 e. The molecule has 1 heterocycles. The van der Waals surface area contributed by atoms with Gasteiger partial charge < -0.3 is 0 Å². The molecule has 3 aromatic rings. The van der Waals surface area contributed by atoms with Crippen LogP contribution in [0.3, 0.4) is 0 Å². The van der Waals surface area contributed by atoms with Gasteiger partial charge in [-0.15, -0.1) is 6.42 Å². The zero-order chi connectivity index (χ0) is 17.1. The van der Waals surface area contributed by atoms with Crippen LogP contribution in [-0.2, 0) is 0 Å². The van der Waals surface area contributed by atoms with Gasteiger partial charge in [-0.3, -0.25) is 10.1 Å². The number of nitro groups is 1. The smallest absolute Gasteiger partial charge is 0.258 e. The van der Waals surface area contributed by atoms with Crippen molar-refractivity contribution in [2.24, 2.45) is 0 Å². The Bertz CT molecular complexity index is 940. The largest absolute Gasteiger partial charge is 0.269 e. The summed E-state index contributed by atoms with van der Waals surface area (Å²) >= 11 is 0. The van der Waals surface area contributed by atoms with Crippen molar-refractivity contribution in [1.82, 2.24) is 9.97 Å². The Kier molecular flexibility index (Phi) is 4.04. The van der Waals surface area contributed by atoms with Crippen molar-refractivity contribution in [2.75, 3.05) is 0 Å². The maximum Gasteiger partial charge on any atom is 0.269 e. The number of aryl methyl sites for hydroxylation is 1. The number of benzene rings is 2. The highest BCUT2D eigenvalue weighted by Gasteiger charge is 2.11. The molecule has 5 heteroatoms. The van der Waals surface area contributed by atoms with Gasteiger partial charge in [-0.25, -0.2) is 9.97 Å². The highest BCUT2D eigenvalue weighted by atomic mass is 16.6. The Morgan fingerprint density at radius 1 is 1.04 bits per heavy atom. The SMILES string of the molecule is C#Cc1nc(-c2ccc(C)cc2)ncc1-c1ccc([N+](=O)[O-])cc1. The number of aromatic nitrogens is 2. The molecule has 0 saturated heterocycles. The van der Waals surface area contributed by atoms with Gasteiger partial charge in [0, 0.05) is 29.5 Å². The standard InChI is InChI=1S/C19H13N3O2/c1-3-18-17(14-8-10-16(11-9-14)22(23)24)12-20-19(21-18)15-6-4-13(2)5-7-15/h1,4-12H,2H3. The molecule has 24 heavy (non-hydrogen) atoms. The predicted octanol–water partition coefficient (Wildman–Crippen LogP) is 4.01. The number of hydrogen-bond acceptors (Lipinski definition) is 4. The molecular formula is C19H13N3O2. The Hall–Kier alpha value is -3.52. The summed E-state index contributed by atoms with van der Waals surface area (Å²) in [5.74, 6) is 3.12. The lowest BCUT2D eigenvalue weighted by Gasteiger charge is -2.07. The van der Waals surface area contributed by atoms with Crippen LogP contribution in [0.15, 0.2) is 54.7 Å². The molecule has 0 radical (unpaired) electrons. The van der Waals surface area contributed by atoms with Crippen molar-refractivity contribution in [3.05, 3.63) is 76.1 Å². The van der Waals surface area contributed by atoms with E-state index < -0.39 is 4.92 Å². The number of hydrogen-bond donors (Lipinski definition) is 0. The molecule has 0 atom stereocenters. The van der Waals surface area contributed by atoms with Crippen molar-refractivity contribution >= 4 is 5.69 Å². The molecule has 116 valence electrons. The van der Waals surface area contributed by atoms with E-state index in [4.69, 9.17) is 6.42 Å². The number of terminal acetylenes is 1. The summed E-state index contributed by atoms with van der Waals surface area (Å²) in [4.78, 5) is 19.1. The molecule has 0 aliphatic heterocycles. The van der Waals surface area contributed by atoms with Crippen LogP contribution in [0.4, 0.5) is 5.69 Å². The minimum absolute atomic E-state index is 0.0261. The van der Waals surface area contributed by atoms with Crippen LogP contribution in [0.25, 0.3) is 22.5 Å². The predicted molar refractivity (Wildman–Crippen MR) is 92.2 cm³/mol. The summed E-state index contributed by atoms with van der Waals surface area (Å²) in [5, 5.41) is 10.7. The Balaban J connectivity index is 2.02. The van der Waals surface area contributed by atoms with E-state index in [1.807, 2.05) is 31.2 Å². The molecule has 1 aromatic heterocycles. The van der Waals surface area contributed by atoms with Gasteiger partial charge in [0.2, 0.25) is 0 Å². The highest BCUT2D eigenvalue weighted by Crippen LogP contribution is 2.26. The zero-order valence-electron chi connectivity index (χ0n) is 12.9. The summed E-state index contributed by atoms with van der Waals surface area (Å²) in [6.45, 7) is 2.01. The van der Waals surface area contributed by atoms with Gasteiger partial charge in [0.25, 0.3) is 5.69 Å². The van der Waals surface area contributed by atoms with E-state index in [1.54, 1.807) is 18.3 Å². The van der Waals surface area contributed by atoms with Crippen molar-refractivity contribution in [3.63, 3.8) is 0 Å². The minimum atomic E-state index is -0.442. The average Bonchev–Trinajstić information content (AvgIpc) is 2.62. The van der Waals surface area contributed by atoms with Crippen LogP contribution in [0, 0.1) is 29.4 Å². The normalized spacial score (nSPS) is 10.2. The molecule has 0 fully saturated rings. The molecule has 0 spiro atoms. The first-order valence-electron chi connectivity index (χ1n) is 7.24. The monoisotopic (exact) mass is 315 g/mol. The fourth-order valence-corrected chi connectivity index (χ4v) is 2.31. The lowest BCUT2D eigenvalue weighted by Crippen LogP contribution is -1.96. The van der Waals surface area contributed by atoms with Crippen molar-refractivity contribution in [2.45, 2.75) is 6.92 Å². The van der Waals surface area contributed by atoms with Crippen LogP contribution in [0.5, 0.6) is 0 Å². The zero-order valence-corrected chi connectivity index (χ0v) is 12.9. The first kappa shape index (κ1) is 15.4. The lowest BCUT2D eigenvalue weighted by molar-refractivity contribution is -0.384. The number of nitro benzene ring substituents is 1. The van der Waals surface area contributed by atoms with Crippen LogP contribution >= 0.6 is 0 Å². The average molecular weight is 315 g/mol. The first-order valence-corrected chi connectivity index (χ1v) is 7.24. The Morgan fingerprint density at radius 3 is 2.25 bits per heavy atom. The second-order valence-corrected chi connectivity index (χ2v) is 5.27. The molecule has 0 N–H and O–H groups in total. The molecule has 5 nitrogen and oxygen atoms in total. The quantitative estimate of drug-likeness (QED) is 0.416. The molecular weight excluding hydrogens is 302 g/mol. The highest BCUT2D eigenvalue weighted by molar-refractivity contribution is 5.71. The maximum absolute atomic E-state index is 10.7. The molecule has 0 amide bonds. The van der Waals surface area contributed by atoms with Crippen molar-refractivity contribution in [3.8, 4) is 34.9 Å². The summed E-state index contributed by atoms with van der Waals surface area (Å²) in [7, 11) is 0. The van der Waals surface area contributed by atoms with E-state index in [2.05, 4.69) is 15.9 Å². The van der Waals surface area contributed by atoms with E-state index >= 15 is 0 Å². The van der Waals surface area contributed by atoms with Crippen LogP contribution in [0.1, 0.15) is 11.3 Å². The van der Waals surface area contributed by atoms with E-state index in [-0.39, 0.29) is 5.69 Å². The van der Waals surface area contributed by atoms with Crippen LogP contribution < -0.4 is 0 Å². The second kappa shape index (κ2) is 6.31. The maximum atomic E-state index is 10.7. The third kappa shape index (κ3) is 2.99. The van der Waals surface area contributed by atoms with Gasteiger partial charge in [0.1, 0.15) is 5.69 Å². The first-order chi connectivity index (χ1) is 11.6. The van der Waals surface area contributed by atoms with Gasteiger partial charge in [0.05, 0.1) is 4.92 Å². The molecule has 0 unspecified atom stereocenters. The van der Waals surface area contributed by atoms with E-state index in [9.17, 15) is 10.1 Å². The van der Waals surface area contributed by atoms with Gasteiger partial charge in [-0.05, 0) is 30.5 Å². The van der Waals surface area contributed by atoms with Gasteiger partial charge in [-0.2, -0.15) is 0 Å². The van der Waals surface area contributed by atoms with E-state index in [0.29, 0.717) is 17.1 Å². The second-order valence-electron chi connectivity index (χ2n) is 5.27. The van der Waals surface area contributed by atoms with Crippen LogP contribution in [-0.4, -0.2) is 14.9 Å². The third-order valence-corrected chi connectivity index (χ3v) is 3.62. The summed E-state index contributed by atoms with van der Waals surface area (Å²) in [5.41, 5.74) is 3.92.